The highest BCUT2D eigenvalue weighted by Gasteiger charge is 2.22. The summed E-state index contributed by atoms with van der Waals surface area (Å²) < 4.78 is 5.27. The lowest BCUT2D eigenvalue weighted by Gasteiger charge is -2.22. The minimum Gasteiger partial charge on any atom is -0.478 e. The third kappa shape index (κ3) is 6.20. The van der Waals surface area contributed by atoms with Gasteiger partial charge in [-0.05, 0) is 50.2 Å². The molecule has 1 heterocycles. The van der Waals surface area contributed by atoms with Gasteiger partial charge >= 0.3 is 0 Å². The van der Waals surface area contributed by atoms with E-state index in [0.29, 0.717) is 37.7 Å². The second-order valence-corrected chi connectivity index (χ2v) is 7.61. The van der Waals surface area contributed by atoms with Gasteiger partial charge in [-0.3, -0.25) is 9.59 Å². The second kappa shape index (κ2) is 10.6. The van der Waals surface area contributed by atoms with Crippen LogP contribution in [0.2, 0.25) is 0 Å². The number of carbonyl (C=O) groups excluding carboxylic acids is 2. The fraction of sp³-hybridized carbons (Fsp3) is 0.435. The van der Waals surface area contributed by atoms with Gasteiger partial charge in [0.25, 0.3) is 5.91 Å². The molecule has 1 aromatic heterocycles. The van der Waals surface area contributed by atoms with Gasteiger partial charge < -0.3 is 15.4 Å². The first-order valence-electron chi connectivity index (χ1n) is 10.5. The number of aromatic nitrogens is 2. The van der Waals surface area contributed by atoms with Crippen LogP contribution in [0.15, 0.2) is 42.5 Å². The summed E-state index contributed by atoms with van der Waals surface area (Å²) in [4.78, 5) is 24.4. The van der Waals surface area contributed by atoms with Crippen LogP contribution >= 0.6 is 0 Å². The van der Waals surface area contributed by atoms with Crippen molar-refractivity contribution in [3.8, 4) is 5.88 Å². The first-order chi connectivity index (χ1) is 14.5. The Labute approximate surface area is 177 Å². The quantitative estimate of drug-likeness (QED) is 0.554. The molecule has 2 aromatic rings. The molecule has 30 heavy (non-hydrogen) atoms. The summed E-state index contributed by atoms with van der Waals surface area (Å²) in [5.41, 5.74) is 3.75. The number of hydrogen-bond donors (Lipinski definition) is 3. The Morgan fingerprint density at radius 3 is 2.57 bits per heavy atom. The van der Waals surface area contributed by atoms with Gasteiger partial charge in [0.2, 0.25) is 11.8 Å². The first kappa shape index (κ1) is 21.6. The number of benzene rings is 1. The van der Waals surface area contributed by atoms with Crippen molar-refractivity contribution in [3.63, 3.8) is 0 Å². The molecule has 1 aliphatic carbocycles. The number of allylic oxidation sites excluding steroid dienone is 1. The molecule has 0 unspecified atom stereocenters. The Morgan fingerprint density at radius 2 is 1.87 bits per heavy atom. The number of aromatic amines is 1. The van der Waals surface area contributed by atoms with Crippen LogP contribution in [0.5, 0.6) is 5.88 Å². The molecule has 1 saturated carbocycles. The number of hydrogen-bond acceptors (Lipinski definition) is 4. The van der Waals surface area contributed by atoms with Crippen LogP contribution in [0.25, 0.3) is 0 Å². The molecule has 160 valence electrons. The number of H-pyrrole nitrogens is 1. The van der Waals surface area contributed by atoms with Gasteiger partial charge in [-0.25, -0.2) is 5.10 Å². The Balaban J connectivity index is 1.38. The van der Waals surface area contributed by atoms with Crippen molar-refractivity contribution in [1.29, 1.82) is 0 Å². The summed E-state index contributed by atoms with van der Waals surface area (Å²) in [6.45, 7) is 7.43. The maximum absolute atomic E-state index is 12.3. The minimum absolute atomic E-state index is 0.109. The summed E-state index contributed by atoms with van der Waals surface area (Å²) in [5, 5.41) is 12.5. The number of ether oxygens (including phenoxy) is 1. The van der Waals surface area contributed by atoms with E-state index in [1.807, 2.05) is 31.2 Å². The molecule has 1 aromatic carbocycles. The molecule has 0 spiro atoms. The van der Waals surface area contributed by atoms with E-state index >= 15 is 0 Å². The lowest BCUT2D eigenvalue weighted by molar-refractivity contribution is -0.125. The highest BCUT2D eigenvalue weighted by molar-refractivity contribution is 5.92. The molecule has 0 radical (unpaired) electrons. The van der Waals surface area contributed by atoms with Crippen LogP contribution in [0.4, 0.5) is 0 Å². The van der Waals surface area contributed by atoms with E-state index in [0.717, 1.165) is 36.8 Å². The molecule has 1 aliphatic rings. The Bertz CT molecular complexity index is 863. The molecule has 0 atom stereocenters. The van der Waals surface area contributed by atoms with Crippen LogP contribution in [0.1, 0.15) is 54.2 Å². The van der Waals surface area contributed by atoms with Crippen molar-refractivity contribution in [1.82, 2.24) is 20.8 Å². The topological polar surface area (TPSA) is 96.1 Å². The predicted molar refractivity (Wildman–Crippen MR) is 115 cm³/mol. The number of rotatable bonds is 9. The number of carbonyl (C=O) groups is 2. The van der Waals surface area contributed by atoms with E-state index in [-0.39, 0.29) is 17.7 Å². The minimum atomic E-state index is -0.233. The maximum atomic E-state index is 12.3. The van der Waals surface area contributed by atoms with E-state index in [9.17, 15) is 9.59 Å². The standard InChI is InChI=1S/C23H30N4O3/c1-3-30-21-14-20(26-27-21)23(29)24-13-12-17-6-8-18(9-7-17)15-25-22(28)19-10-4-16(2)5-11-19/h6-9,14,19H,2-5,10-13,15H2,1H3,(H,24,29)(H,25,28)(H,26,27). The van der Waals surface area contributed by atoms with Crippen LogP contribution in [0.3, 0.4) is 0 Å². The fourth-order valence-corrected chi connectivity index (χ4v) is 3.51. The third-order valence-electron chi connectivity index (χ3n) is 5.34. The van der Waals surface area contributed by atoms with Crippen molar-refractivity contribution >= 4 is 11.8 Å². The van der Waals surface area contributed by atoms with E-state index in [1.165, 1.54) is 5.57 Å². The van der Waals surface area contributed by atoms with Gasteiger partial charge in [-0.15, -0.1) is 0 Å². The molecular formula is C23H30N4O3. The zero-order valence-electron chi connectivity index (χ0n) is 17.5. The Kier molecular flexibility index (Phi) is 7.65. The molecule has 3 N–H and O–H groups in total. The van der Waals surface area contributed by atoms with E-state index in [1.54, 1.807) is 6.07 Å². The van der Waals surface area contributed by atoms with Gasteiger partial charge in [-0.2, -0.15) is 5.10 Å². The third-order valence-corrected chi connectivity index (χ3v) is 5.34. The monoisotopic (exact) mass is 410 g/mol. The van der Waals surface area contributed by atoms with Crippen LogP contribution in [-0.4, -0.2) is 35.2 Å². The van der Waals surface area contributed by atoms with Crippen molar-refractivity contribution in [2.45, 2.75) is 45.6 Å². The molecule has 0 aliphatic heterocycles. The highest BCUT2D eigenvalue weighted by atomic mass is 16.5. The van der Waals surface area contributed by atoms with Crippen molar-refractivity contribution < 1.29 is 14.3 Å². The van der Waals surface area contributed by atoms with Crippen molar-refractivity contribution in [3.05, 3.63) is 59.3 Å². The molecule has 3 rings (SSSR count). The summed E-state index contributed by atoms with van der Waals surface area (Å²) in [5.74, 6) is 0.500. The molecule has 0 saturated heterocycles. The predicted octanol–water partition coefficient (Wildman–Crippen LogP) is 3.14. The number of nitrogens with one attached hydrogen (secondary N) is 3. The zero-order valence-corrected chi connectivity index (χ0v) is 17.5. The smallest absolute Gasteiger partial charge is 0.271 e. The molecule has 0 bridgehead atoms. The summed E-state index contributed by atoms with van der Waals surface area (Å²) in [7, 11) is 0. The van der Waals surface area contributed by atoms with Gasteiger partial charge in [0.1, 0.15) is 0 Å². The van der Waals surface area contributed by atoms with Crippen LogP contribution in [-0.2, 0) is 17.8 Å². The van der Waals surface area contributed by atoms with Crippen LogP contribution < -0.4 is 15.4 Å². The Hall–Kier alpha value is -3.09. The summed E-state index contributed by atoms with van der Waals surface area (Å²) in [6.07, 6.45) is 4.43. The molecule has 7 nitrogen and oxygen atoms in total. The van der Waals surface area contributed by atoms with Crippen LogP contribution in [0, 0.1) is 5.92 Å². The summed E-state index contributed by atoms with van der Waals surface area (Å²) >= 11 is 0. The molecule has 1 fully saturated rings. The molecular weight excluding hydrogens is 380 g/mol. The van der Waals surface area contributed by atoms with Gasteiger partial charge in [-0.1, -0.05) is 36.4 Å². The summed E-state index contributed by atoms with van der Waals surface area (Å²) in [6, 6.07) is 9.68. The maximum Gasteiger partial charge on any atom is 0.271 e. The zero-order chi connectivity index (χ0) is 21.3. The highest BCUT2D eigenvalue weighted by Crippen LogP contribution is 2.27. The van der Waals surface area contributed by atoms with Crippen molar-refractivity contribution in [2.24, 2.45) is 5.92 Å². The van der Waals surface area contributed by atoms with Gasteiger partial charge in [0.15, 0.2) is 5.69 Å². The van der Waals surface area contributed by atoms with Gasteiger partial charge in [0, 0.05) is 25.1 Å². The SMILES string of the molecule is C=C1CCC(C(=O)NCc2ccc(CCNC(=O)c3cc(OCC)[nH]n3)cc2)CC1. The molecule has 2 amide bonds. The van der Waals surface area contributed by atoms with Crippen molar-refractivity contribution in [2.75, 3.05) is 13.2 Å². The number of nitrogens with zero attached hydrogens (tertiary/aromatic N) is 1. The average Bonchev–Trinajstić information content (AvgIpc) is 3.22. The second-order valence-electron chi connectivity index (χ2n) is 7.61. The van der Waals surface area contributed by atoms with E-state index in [4.69, 9.17) is 4.74 Å². The number of amides is 2. The lowest BCUT2D eigenvalue weighted by Crippen LogP contribution is -2.31. The lowest BCUT2D eigenvalue weighted by atomic mass is 9.86. The van der Waals surface area contributed by atoms with Gasteiger partial charge in [0.05, 0.1) is 6.61 Å². The normalized spacial score (nSPS) is 14.4. The average molecular weight is 411 g/mol. The van der Waals surface area contributed by atoms with E-state index in [2.05, 4.69) is 27.4 Å². The Morgan fingerprint density at radius 1 is 1.17 bits per heavy atom. The largest absolute Gasteiger partial charge is 0.478 e. The first-order valence-corrected chi connectivity index (χ1v) is 10.5. The molecule has 7 heteroatoms. The van der Waals surface area contributed by atoms with E-state index < -0.39 is 0 Å². The fourth-order valence-electron chi connectivity index (χ4n) is 3.51.